The molecule has 0 spiro atoms. The summed E-state index contributed by atoms with van der Waals surface area (Å²) < 4.78 is 1.93. The van der Waals surface area contributed by atoms with Gasteiger partial charge in [0.1, 0.15) is 0 Å². The van der Waals surface area contributed by atoms with Crippen LogP contribution in [0.5, 0.6) is 0 Å². The monoisotopic (exact) mass is 178 g/mol. The highest BCUT2D eigenvalue weighted by Gasteiger charge is 2.11. The molecule has 3 N–H and O–H groups in total. The summed E-state index contributed by atoms with van der Waals surface area (Å²) in [5, 5.41) is 0. The summed E-state index contributed by atoms with van der Waals surface area (Å²) >= 11 is 0. The molecule has 0 radical (unpaired) electrons. The molecule has 1 heterocycles. The fraction of sp³-hybridized carbons (Fsp3) is 0.444. The molecular formula is C9H14N4. The topological polar surface area (TPSA) is 55.9 Å². The van der Waals surface area contributed by atoms with E-state index in [-0.39, 0.29) is 6.04 Å². The summed E-state index contributed by atoms with van der Waals surface area (Å²) in [4.78, 5) is 4.01. The van der Waals surface area contributed by atoms with Gasteiger partial charge >= 0.3 is 0 Å². The minimum Gasteiger partial charge on any atom is -0.336 e. The van der Waals surface area contributed by atoms with E-state index in [1.54, 1.807) is 12.5 Å². The highest BCUT2D eigenvalue weighted by molar-refractivity contribution is 5.05. The van der Waals surface area contributed by atoms with E-state index in [0.29, 0.717) is 6.42 Å². The Labute approximate surface area is 78.1 Å². The van der Waals surface area contributed by atoms with Gasteiger partial charge in [0.05, 0.1) is 18.1 Å². The number of hydrogen-bond acceptors (Lipinski definition) is 3. The van der Waals surface area contributed by atoms with E-state index >= 15 is 0 Å². The first kappa shape index (κ1) is 9.78. The Hall–Kier alpha value is -1.31. The van der Waals surface area contributed by atoms with Crippen molar-refractivity contribution >= 4 is 0 Å². The highest BCUT2D eigenvalue weighted by Crippen LogP contribution is 2.15. The van der Waals surface area contributed by atoms with E-state index < -0.39 is 0 Å². The summed E-state index contributed by atoms with van der Waals surface area (Å²) in [6.45, 7) is 0. The van der Waals surface area contributed by atoms with Crippen LogP contribution < -0.4 is 11.3 Å². The van der Waals surface area contributed by atoms with Crippen LogP contribution in [0.2, 0.25) is 0 Å². The Morgan fingerprint density at radius 2 is 2.62 bits per heavy atom. The average Bonchev–Trinajstić information content (AvgIpc) is 2.54. The third-order valence-electron chi connectivity index (χ3n) is 1.99. The van der Waals surface area contributed by atoms with E-state index in [1.807, 2.05) is 11.6 Å². The zero-order valence-electron chi connectivity index (χ0n) is 7.70. The number of aromatic nitrogens is 2. The smallest absolute Gasteiger partial charge is 0.0946 e. The molecule has 1 aromatic heterocycles. The van der Waals surface area contributed by atoms with Crippen LogP contribution in [-0.4, -0.2) is 9.55 Å². The molecule has 0 saturated heterocycles. The van der Waals surface area contributed by atoms with Gasteiger partial charge in [-0.05, 0) is 6.42 Å². The lowest BCUT2D eigenvalue weighted by Gasteiger charge is -2.14. The van der Waals surface area contributed by atoms with Crippen molar-refractivity contribution in [2.45, 2.75) is 18.9 Å². The van der Waals surface area contributed by atoms with Crippen molar-refractivity contribution in [2.24, 2.45) is 12.9 Å². The maximum Gasteiger partial charge on any atom is 0.0946 e. The van der Waals surface area contributed by atoms with Gasteiger partial charge in [0, 0.05) is 19.7 Å². The number of rotatable bonds is 4. The number of terminal acetylenes is 1. The summed E-state index contributed by atoms with van der Waals surface area (Å²) in [6, 6.07) is 0.0866. The quantitative estimate of drug-likeness (QED) is 0.397. The van der Waals surface area contributed by atoms with Crippen LogP contribution in [0.25, 0.3) is 0 Å². The van der Waals surface area contributed by atoms with Gasteiger partial charge in [-0.2, -0.15) is 0 Å². The van der Waals surface area contributed by atoms with Crippen LogP contribution in [0.15, 0.2) is 12.5 Å². The van der Waals surface area contributed by atoms with Gasteiger partial charge in [-0.25, -0.2) is 4.98 Å². The predicted molar refractivity (Wildman–Crippen MR) is 51.3 cm³/mol. The first-order chi connectivity index (χ1) is 6.29. The maximum atomic E-state index is 5.41. The number of aryl methyl sites for hydroxylation is 1. The molecule has 1 rings (SSSR count). The van der Waals surface area contributed by atoms with Crippen LogP contribution in [-0.2, 0) is 7.05 Å². The Bertz CT molecular complexity index is 297. The molecule has 13 heavy (non-hydrogen) atoms. The number of hydrogen-bond donors (Lipinski definition) is 2. The molecule has 0 aromatic carbocycles. The molecular weight excluding hydrogens is 164 g/mol. The summed E-state index contributed by atoms with van der Waals surface area (Å²) in [7, 11) is 1.93. The van der Waals surface area contributed by atoms with Crippen molar-refractivity contribution in [3.63, 3.8) is 0 Å². The van der Waals surface area contributed by atoms with Crippen molar-refractivity contribution in [1.82, 2.24) is 15.0 Å². The van der Waals surface area contributed by atoms with Gasteiger partial charge < -0.3 is 4.57 Å². The van der Waals surface area contributed by atoms with E-state index in [9.17, 15) is 0 Å². The standard InChI is InChI=1S/C9H14N4/c1-3-4-5-8(12-10)9-6-11-7-13(9)2/h1,6-8,12H,4-5,10H2,2H3. The second-order valence-corrected chi connectivity index (χ2v) is 2.89. The van der Waals surface area contributed by atoms with Crippen LogP contribution in [0.4, 0.5) is 0 Å². The fourth-order valence-corrected chi connectivity index (χ4v) is 1.25. The Morgan fingerprint density at radius 1 is 1.85 bits per heavy atom. The molecule has 1 atom stereocenters. The molecule has 0 fully saturated rings. The molecule has 0 aliphatic rings. The van der Waals surface area contributed by atoms with Gasteiger partial charge in [0.2, 0.25) is 0 Å². The lowest BCUT2D eigenvalue weighted by Crippen LogP contribution is -2.29. The minimum absolute atomic E-state index is 0.0866. The summed E-state index contributed by atoms with van der Waals surface area (Å²) in [6.07, 6.45) is 10.3. The number of nitrogens with zero attached hydrogens (tertiary/aromatic N) is 2. The first-order valence-corrected chi connectivity index (χ1v) is 4.15. The molecule has 0 bridgehead atoms. The molecule has 0 aliphatic carbocycles. The molecule has 0 amide bonds. The summed E-state index contributed by atoms with van der Waals surface area (Å²) in [5.41, 5.74) is 3.78. The zero-order chi connectivity index (χ0) is 9.68. The van der Waals surface area contributed by atoms with Crippen molar-refractivity contribution in [1.29, 1.82) is 0 Å². The van der Waals surface area contributed by atoms with Crippen molar-refractivity contribution in [3.8, 4) is 12.3 Å². The van der Waals surface area contributed by atoms with Crippen LogP contribution in [0.1, 0.15) is 24.6 Å². The number of imidazole rings is 1. The van der Waals surface area contributed by atoms with Gasteiger partial charge in [0.25, 0.3) is 0 Å². The van der Waals surface area contributed by atoms with E-state index in [4.69, 9.17) is 12.3 Å². The fourth-order valence-electron chi connectivity index (χ4n) is 1.25. The van der Waals surface area contributed by atoms with E-state index in [0.717, 1.165) is 12.1 Å². The Balaban J connectivity index is 2.68. The first-order valence-electron chi connectivity index (χ1n) is 4.15. The third-order valence-corrected chi connectivity index (χ3v) is 1.99. The Kier molecular flexibility index (Phi) is 3.50. The second kappa shape index (κ2) is 4.65. The molecule has 1 aromatic rings. The van der Waals surface area contributed by atoms with Gasteiger partial charge in [-0.1, -0.05) is 0 Å². The highest BCUT2D eigenvalue weighted by atomic mass is 15.2. The van der Waals surface area contributed by atoms with Crippen molar-refractivity contribution in [2.75, 3.05) is 0 Å². The lowest BCUT2D eigenvalue weighted by molar-refractivity contribution is 0.497. The average molecular weight is 178 g/mol. The van der Waals surface area contributed by atoms with Crippen molar-refractivity contribution < 1.29 is 0 Å². The largest absolute Gasteiger partial charge is 0.336 e. The molecule has 4 nitrogen and oxygen atoms in total. The second-order valence-electron chi connectivity index (χ2n) is 2.89. The van der Waals surface area contributed by atoms with Gasteiger partial charge in [-0.15, -0.1) is 12.3 Å². The maximum absolute atomic E-state index is 5.41. The predicted octanol–water partition coefficient (Wildman–Crippen LogP) is 0.338. The number of hydrazine groups is 1. The number of nitrogens with one attached hydrogen (secondary N) is 1. The molecule has 4 heteroatoms. The van der Waals surface area contributed by atoms with Crippen molar-refractivity contribution in [3.05, 3.63) is 18.2 Å². The Morgan fingerprint density at radius 3 is 3.08 bits per heavy atom. The molecule has 1 unspecified atom stereocenters. The minimum atomic E-state index is 0.0866. The normalized spacial score (nSPS) is 12.4. The van der Waals surface area contributed by atoms with Crippen LogP contribution in [0, 0.1) is 12.3 Å². The molecule has 0 aliphatic heterocycles. The summed E-state index contributed by atoms with van der Waals surface area (Å²) in [5.74, 6) is 8.00. The van der Waals surface area contributed by atoms with Gasteiger partial charge in [-0.3, -0.25) is 11.3 Å². The zero-order valence-corrected chi connectivity index (χ0v) is 7.70. The molecule has 70 valence electrons. The van der Waals surface area contributed by atoms with Crippen LogP contribution in [0.3, 0.4) is 0 Å². The van der Waals surface area contributed by atoms with Gasteiger partial charge in [0.15, 0.2) is 0 Å². The lowest BCUT2D eigenvalue weighted by atomic mass is 10.1. The van der Waals surface area contributed by atoms with Crippen LogP contribution >= 0.6 is 0 Å². The van der Waals surface area contributed by atoms with E-state index in [2.05, 4.69) is 16.3 Å². The SMILES string of the molecule is C#CCCC(NN)c1cncn1C. The number of nitrogens with two attached hydrogens (primary N) is 1. The molecule has 0 saturated carbocycles. The van der Waals surface area contributed by atoms with E-state index in [1.165, 1.54) is 0 Å². The third kappa shape index (κ3) is 2.31.